The number of nitriles is 1. The van der Waals surface area contributed by atoms with E-state index in [1.165, 1.54) is 10.5 Å². The van der Waals surface area contributed by atoms with Crippen LogP contribution in [0, 0.1) is 11.3 Å². The molecular weight excluding hydrogens is 343 g/mol. The van der Waals surface area contributed by atoms with Crippen molar-refractivity contribution in [2.45, 2.75) is 25.9 Å². The van der Waals surface area contributed by atoms with Gasteiger partial charge in [-0.1, -0.05) is 6.92 Å². The second-order valence-corrected chi connectivity index (χ2v) is 5.76. The molecule has 3 aromatic rings. The summed E-state index contributed by atoms with van der Waals surface area (Å²) in [7, 11) is 0. The maximum absolute atomic E-state index is 13.0. The molecule has 0 fully saturated rings. The Balaban J connectivity index is 2.07. The number of aromatic nitrogens is 2. The number of nitrogens with zero attached hydrogens (tertiary/aromatic N) is 3. The predicted molar refractivity (Wildman–Crippen MR) is 90.7 cm³/mol. The molecule has 0 bridgehead atoms. The first kappa shape index (κ1) is 17.8. The zero-order valence-corrected chi connectivity index (χ0v) is 14.0. The van der Waals surface area contributed by atoms with Crippen molar-refractivity contribution < 1.29 is 17.9 Å². The molecule has 7 heteroatoms. The molecule has 134 valence electrons. The third-order valence-electron chi connectivity index (χ3n) is 3.89. The van der Waals surface area contributed by atoms with E-state index in [0.717, 1.165) is 24.2 Å². The van der Waals surface area contributed by atoms with Gasteiger partial charge in [-0.3, -0.25) is 0 Å². The summed E-state index contributed by atoms with van der Waals surface area (Å²) in [6.45, 7) is 2.61. The summed E-state index contributed by atoms with van der Waals surface area (Å²) in [5.74, 6) is 0.709. The Labute approximate surface area is 148 Å². The van der Waals surface area contributed by atoms with Gasteiger partial charge in [0.1, 0.15) is 11.4 Å². The molecular formula is C19H16F3N3O. The summed E-state index contributed by atoms with van der Waals surface area (Å²) in [5.41, 5.74) is 1.22. The van der Waals surface area contributed by atoms with Gasteiger partial charge in [0.05, 0.1) is 36.0 Å². The second-order valence-electron chi connectivity index (χ2n) is 5.76. The van der Waals surface area contributed by atoms with Crippen LogP contribution >= 0.6 is 0 Å². The number of pyridine rings is 1. The molecule has 2 heterocycles. The first-order valence-corrected chi connectivity index (χ1v) is 8.12. The van der Waals surface area contributed by atoms with Crippen molar-refractivity contribution in [3.05, 3.63) is 53.9 Å². The largest absolute Gasteiger partial charge is 0.494 e. The smallest absolute Gasteiger partial charge is 0.417 e. The van der Waals surface area contributed by atoms with Gasteiger partial charge >= 0.3 is 6.18 Å². The summed E-state index contributed by atoms with van der Waals surface area (Å²) in [6, 6.07) is 11.5. The molecule has 0 unspecified atom stereocenters. The number of fused-ring (bicyclic) bond motifs is 1. The number of rotatable bonds is 5. The van der Waals surface area contributed by atoms with Gasteiger partial charge in [-0.25, -0.2) is 4.98 Å². The normalized spacial score (nSPS) is 11.5. The van der Waals surface area contributed by atoms with Gasteiger partial charge in [0.2, 0.25) is 0 Å². The molecule has 2 aromatic heterocycles. The predicted octanol–water partition coefficient (Wildman–Crippen LogP) is 4.87. The highest BCUT2D eigenvalue weighted by Gasteiger charge is 2.31. The third-order valence-corrected chi connectivity index (χ3v) is 3.89. The van der Waals surface area contributed by atoms with E-state index >= 15 is 0 Å². The third kappa shape index (κ3) is 3.49. The lowest BCUT2D eigenvalue weighted by Gasteiger charge is -2.08. The summed E-state index contributed by atoms with van der Waals surface area (Å²) in [6.07, 6.45) is -2.63. The van der Waals surface area contributed by atoms with Crippen LogP contribution in [0.15, 0.2) is 42.6 Å². The highest BCUT2D eigenvalue weighted by Crippen LogP contribution is 2.32. The zero-order chi connectivity index (χ0) is 18.7. The van der Waals surface area contributed by atoms with Crippen molar-refractivity contribution in [2.24, 2.45) is 0 Å². The lowest BCUT2D eigenvalue weighted by molar-refractivity contribution is -0.137. The van der Waals surface area contributed by atoms with Crippen molar-refractivity contribution >= 4 is 5.65 Å². The first-order chi connectivity index (χ1) is 12.4. The van der Waals surface area contributed by atoms with Gasteiger partial charge in [0.25, 0.3) is 0 Å². The van der Waals surface area contributed by atoms with Crippen LogP contribution in [0.5, 0.6) is 5.75 Å². The van der Waals surface area contributed by atoms with Crippen LogP contribution in [0.4, 0.5) is 13.2 Å². The van der Waals surface area contributed by atoms with E-state index in [4.69, 9.17) is 10.00 Å². The van der Waals surface area contributed by atoms with Crippen molar-refractivity contribution in [3.8, 4) is 23.1 Å². The SMILES string of the molecule is CCCOc1ccc(-c2nc3ccc(C(F)(F)F)cn3c2CC#N)cc1. The minimum absolute atomic E-state index is 0.0497. The molecule has 1 aromatic carbocycles. The summed E-state index contributed by atoms with van der Waals surface area (Å²) in [5, 5.41) is 9.11. The number of ether oxygens (including phenoxy) is 1. The molecule has 0 saturated carbocycles. The second kappa shape index (κ2) is 7.08. The monoisotopic (exact) mass is 359 g/mol. The molecule has 0 aliphatic rings. The Hall–Kier alpha value is -3.01. The van der Waals surface area contributed by atoms with Crippen LogP contribution in [0.1, 0.15) is 24.6 Å². The highest BCUT2D eigenvalue weighted by atomic mass is 19.4. The molecule has 4 nitrogen and oxygen atoms in total. The highest BCUT2D eigenvalue weighted by molar-refractivity contribution is 5.67. The van der Waals surface area contributed by atoms with E-state index in [9.17, 15) is 13.2 Å². The molecule has 0 aliphatic carbocycles. The molecule has 0 amide bonds. The van der Waals surface area contributed by atoms with Gasteiger partial charge in [0.15, 0.2) is 0 Å². The quantitative estimate of drug-likeness (QED) is 0.653. The molecule has 3 rings (SSSR count). The molecule has 0 saturated heterocycles. The number of halogens is 3. The van der Waals surface area contributed by atoms with Crippen LogP contribution < -0.4 is 4.74 Å². The van der Waals surface area contributed by atoms with E-state index in [1.54, 1.807) is 24.3 Å². The number of imidazole rings is 1. The molecule has 0 radical (unpaired) electrons. The summed E-state index contributed by atoms with van der Waals surface area (Å²) in [4.78, 5) is 4.42. The van der Waals surface area contributed by atoms with Crippen LogP contribution in [0.2, 0.25) is 0 Å². The summed E-state index contributed by atoms with van der Waals surface area (Å²) < 4.78 is 45.9. The fraction of sp³-hybridized carbons (Fsp3) is 0.263. The number of alkyl halides is 3. The van der Waals surface area contributed by atoms with Crippen LogP contribution in [0.25, 0.3) is 16.9 Å². The van der Waals surface area contributed by atoms with Crippen molar-refractivity contribution in [1.82, 2.24) is 9.38 Å². The number of hydrogen-bond donors (Lipinski definition) is 0. The van der Waals surface area contributed by atoms with Gasteiger partial charge in [0, 0.05) is 11.8 Å². The van der Waals surface area contributed by atoms with Crippen molar-refractivity contribution in [2.75, 3.05) is 6.61 Å². The topological polar surface area (TPSA) is 50.3 Å². The Morgan fingerprint density at radius 3 is 2.50 bits per heavy atom. The van der Waals surface area contributed by atoms with Crippen molar-refractivity contribution in [1.29, 1.82) is 5.26 Å². The Morgan fingerprint density at radius 2 is 1.88 bits per heavy atom. The fourth-order valence-electron chi connectivity index (χ4n) is 2.66. The van der Waals surface area contributed by atoms with Gasteiger partial charge in [-0.05, 0) is 42.8 Å². The van der Waals surface area contributed by atoms with Crippen LogP contribution in [-0.2, 0) is 12.6 Å². The van der Waals surface area contributed by atoms with Gasteiger partial charge in [-0.15, -0.1) is 0 Å². The Kier molecular flexibility index (Phi) is 4.85. The van der Waals surface area contributed by atoms with E-state index in [0.29, 0.717) is 29.4 Å². The van der Waals surface area contributed by atoms with E-state index < -0.39 is 11.7 Å². The minimum atomic E-state index is -4.46. The number of hydrogen-bond acceptors (Lipinski definition) is 3. The Bertz CT molecular complexity index is 953. The lowest BCUT2D eigenvalue weighted by atomic mass is 10.1. The molecule has 0 atom stereocenters. The molecule has 0 N–H and O–H groups in total. The summed E-state index contributed by atoms with van der Waals surface area (Å²) >= 11 is 0. The van der Waals surface area contributed by atoms with E-state index in [2.05, 4.69) is 4.98 Å². The van der Waals surface area contributed by atoms with E-state index in [-0.39, 0.29) is 6.42 Å². The minimum Gasteiger partial charge on any atom is -0.494 e. The zero-order valence-electron chi connectivity index (χ0n) is 14.0. The first-order valence-electron chi connectivity index (χ1n) is 8.12. The molecule has 26 heavy (non-hydrogen) atoms. The fourth-order valence-corrected chi connectivity index (χ4v) is 2.66. The molecule has 0 aliphatic heterocycles. The maximum Gasteiger partial charge on any atom is 0.417 e. The lowest BCUT2D eigenvalue weighted by Crippen LogP contribution is -2.07. The average Bonchev–Trinajstić information content (AvgIpc) is 2.98. The van der Waals surface area contributed by atoms with Gasteiger partial charge < -0.3 is 9.14 Å². The average molecular weight is 359 g/mol. The number of benzene rings is 1. The maximum atomic E-state index is 13.0. The van der Waals surface area contributed by atoms with Crippen LogP contribution in [-0.4, -0.2) is 16.0 Å². The van der Waals surface area contributed by atoms with Crippen molar-refractivity contribution in [3.63, 3.8) is 0 Å². The molecule has 0 spiro atoms. The van der Waals surface area contributed by atoms with E-state index in [1.807, 2.05) is 13.0 Å². The van der Waals surface area contributed by atoms with Gasteiger partial charge in [-0.2, -0.15) is 18.4 Å². The standard InChI is InChI=1S/C19H16F3N3O/c1-2-11-26-15-6-3-13(4-7-15)18-16(9-10-23)25-12-14(19(20,21)22)5-8-17(25)24-18/h3-8,12H,2,9,11H2,1H3. The Morgan fingerprint density at radius 1 is 1.15 bits per heavy atom. The van der Waals surface area contributed by atoms with Crippen LogP contribution in [0.3, 0.4) is 0 Å².